The van der Waals surface area contributed by atoms with E-state index >= 15 is 0 Å². The third kappa shape index (κ3) is 8.03. The fourth-order valence-electron chi connectivity index (χ4n) is 3.69. The highest BCUT2D eigenvalue weighted by molar-refractivity contribution is 5.79. The molecule has 31 heavy (non-hydrogen) atoms. The summed E-state index contributed by atoms with van der Waals surface area (Å²) in [4.78, 5) is 18.7. The number of nitrogens with zero attached hydrogens (tertiary/aromatic N) is 5. The summed E-state index contributed by atoms with van der Waals surface area (Å²) in [6.45, 7) is 12.1. The van der Waals surface area contributed by atoms with Crippen molar-refractivity contribution in [2.45, 2.75) is 91.5 Å². The van der Waals surface area contributed by atoms with Gasteiger partial charge in [-0.05, 0) is 46.0 Å². The van der Waals surface area contributed by atoms with Crippen molar-refractivity contribution in [1.82, 2.24) is 30.3 Å². The normalized spacial score (nSPS) is 15.8. The van der Waals surface area contributed by atoms with Gasteiger partial charge >= 0.3 is 6.09 Å². The highest BCUT2D eigenvalue weighted by Gasteiger charge is 2.22. The zero-order valence-corrected chi connectivity index (χ0v) is 20.4. The number of rotatable bonds is 7. The number of hydrogen-bond donors (Lipinski definition) is 2. The molecule has 0 aliphatic carbocycles. The third-order valence-electron chi connectivity index (χ3n) is 5.45. The number of aromatic nitrogens is 3. The van der Waals surface area contributed by atoms with Crippen molar-refractivity contribution in [2.75, 3.05) is 20.6 Å². The molecule has 9 nitrogen and oxygen atoms in total. The number of carbonyl (C=O) groups excluding carboxylic acids is 1. The van der Waals surface area contributed by atoms with Crippen molar-refractivity contribution in [3.8, 4) is 0 Å². The molecule has 0 radical (unpaired) electrons. The van der Waals surface area contributed by atoms with E-state index in [4.69, 9.17) is 4.74 Å². The minimum atomic E-state index is -0.506. The highest BCUT2D eigenvalue weighted by Crippen LogP contribution is 2.14. The molecular formula is C22H41N7O2. The Morgan fingerprint density at radius 3 is 2.65 bits per heavy atom. The quantitative estimate of drug-likeness (QED) is 0.505. The molecule has 0 saturated carbocycles. The van der Waals surface area contributed by atoms with Gasteiger partial charge in [-0.3, -0.25) is 4.99 Å². The van der Waals surface area contributed by atoms with Gasteiger partial charge < -0.3 is 24.8 Å². The second-order valence-electron chi connectivity index (χ2n) is 9.60. The van der Waals surface area contributed by atoms with Gasteiger partial charge in [0.05, 0.1) is 6.54 Å². The van der Waals surface area contributed by atoms with Crippen LogP contribution in [0.1, 0.15) is 72.0 Å². The molecule has 0 fully saturated rings. The van der Waals surface area contributed by atoms with Crippen molar-refractivity contribution < 1.29 is 9.53 Å². The van der Waals surface area contributed by atoms with Crippen molar-refractivity contribution in [3.05, 3.63) is 11.6 Å². The van der Waals surface area contributed by atoms with Crippen LogP contribution in [0, 0.1) is 5.92 Å². The van der Waals surface area contributed by atoms with Gasteiger partial charge in [0, 0.05) is 39.6 Å². The fourth-order valence-corrected chi connectivity index (χ4v) is 3.69. The average molecular weight is 436 g/mol. The van der Waals surface area contributed by atoms with E-state index in [0.717, 1.165) is 43.5 Å². The first-order chi connectivity index (χ1) is 14.6. The Hall–Kier alpha value is -2.32. The summed E-state index contributed by atoms with van der Waals surface area (Å²) in [7, 11) is 3.78. The van der Waals surface area contributed by atoms with Crippen molar-refractivity contribution in [1.29, 1.82) is 0 Å². The molecule has 2 rings (SSSR count). The lowest BCUT2D eigenvalue weighted by atomic mass is 10.0. The lowest BCUT2D eigenvalue weighted by Gasteiger charge is -2.28. The maximum absolute atomic E-state index is 12.2. The number of nitrogens with one attached hydrogen (secondary N) is 2. The number of alkyl carbamates (subject to hydrolysis) is 1. The van der Waals surface area contributed by atoms with E-state index in [1.807, 2.05) is 27.8 Å². The highest BCUT2D eigenvalue weighted by atomic mass is 16.6. The second-order valence-corrected chi connectivity index (χ2v) is 9.60. The van der Waals surface area contributed by atoms with Gasteiger partial charge in [0.25, 0.3) is 0 Å². The van der Waals surface area contributed by atoms with Crippen LogP contribution in [0.4, 0.5) is 4.79 Å². The average Bonchev–Trinajstić information content (AvgIpc) is 2.90. The molecule has 1 atom stereocenters. The van der Waals surface area contributed by atoms with E-state index in [0.29, 0.717) is 12.5 Å². The van der Waals surface area contributed by atoms with Gasteiger partial charge in [-0.2, -0.15) is 0 Å². The van der Waals surface area contributed by atoms with Crippen LogP contribution in [0.15, 0.2) is 4.99 Å². The van der Waals surface area contributed by atoms with Crippen LogP contribution in [0.5, 0.6) is 0 Å². The second kappa shape index (κ2) is 11.3. The summed E-state index contributed by atoms with van der Waals surface area (Å²) in [6.07, 6.45) is 5.02. The SMILES string of the molecule is CN=C(NCc1nnc2n1CCCCC2)N(C)CCC(NC(=O)OC(C)(C)C)C(C)C. The largest absolute Gasteiger partial charge is 0.444 e. The van der Waals surface area contributed by atoms with E-state index in [-0.39, 0.29) is 12.1 Å². The summed E-state index contributed by atoms with van der Waals surface area (Å²) < 4.78 is 7.66. The van der Waals surface area contributed by atoms with E-state index in [1.54, 1.807) is 7.05 Å². The van der Waals surface area contributed by atoms with Gasteiger partial charge in [0.1, 0.15) is 11.4 Å². The Labute approximate surface area is 187 Å². The first kappa shape index (κ1) is 24.9. The summed E-state index contributed by atoms with van der Waals surface area (Å²) in [5, 5.41) is 15.2. The van der Waals surface area contributed by atoms with Crippen molar-refractivity contribution in [3.63, 3.8) is 0 Å². The monoisotopic (exact) mass is 435 g/mol. The predicted molar refractivity (Wildman–Crippen MR) is 123 cm³/mol. The van der Waals surface area contributed by atoms with Crippen LogP contribution in [-0.2, 0) is 24.2 Å². The smallest absolute Gasteiger partial charge is 0.407 e. The molecule has 0 aromatic carbocycles. The van der Waals surface area contributed by atoms with E-state index in [9.17, 15) is 4.79 Å². The van der Waals surface area contributed by atoms with E-state index < -0.39 is 5.60 Å². The van der Waals surface area contributed by atoms with Gasteiger partial charge in [-0.25, -0.2) is 4.79 Å². The molecule has 1 aliphatic heterocycles. The van der Waals surface area contributed by atoms with Crippen LogP contribution >= 0.6 is 0 Å². The molecule has 0 saturated heterocycles. The Bertz CT molecular complexity index is 737. The number of aliphatic imine (C=N–C) groups is 1. The van der Waals surface area contributed by atoms with Crippen LogP contribution in [0.2, 0.25) is 0 Å². The van der Waals surface area contributed by atoms with Crippen molar-refractivity contribution >= 4 is 12.1 Å². The minimum absolute atomic E-state index is 0.0164. The molecule has 176 valence electrons. The van der Waals surface area contributed by atoms with E-state index in [2.05, 4.69) is 49.1 Å². The maximum Gasteiger partial charge on any atom is 0.407 e. The molecule has 0 spiro atoms. The molecule has 1 aliphatic rings. The molecular weight excluding hydrogens is 394 g/mol. The Morgan fingerprint density at radius 2 is 2.00 bits per heavy atom. The lowest BCUT2D eigenvalue weighted by Crippen LogP contribution is -2.45. The number of amides is 1. The van der Waals surface area contributed by atoms with Crippen LogP contribution in [0.3, 0.4) is 0 Å². The molecule has 1 unspecified atom stereocenters. The zero-order chi connectivity index (χ0) is 23.0. The van der Waals surface area contributed by atoms with Crippen LogP contribution in [-0.4, -0.2) is 64.0 Å². The summed E-state index contributed by atoms with van der Waals surface area (Å²) >= 11 is 0. The van der Waals surface area contributed by atoms with Crippen LogP contribution in [0.25, 0.3) is 0 Å². The molecule has 9 heteroatoms. The molecule has 1 aromatic rings. The molecule has 2 N–H and O–H groups in total. The van der Waals surface area contributed by atoms with Gasteiger partial charge in [-0.15, -0.1) is 10.2 Å². The third-order valence-corrected chi connectivity index (χ3v) is 5.45. The first-order valence-corrected chi connectivity index (χ1v) is 11.4. The van der Waals surface area contributed by atoms with Crippen molar-refractivity contribution in [2.24, 2.45) is 10.9 Å². The number of fused-ring (bicyclic) bond motifs is 1. The first-order valence-electron chi connectivity index (χ1n) is 11.4. The Balaban J connectivity index is 1.88. The number of aryl methyl sites for hydroxylation is 1. The number of hydrogen-bond acceptors (Lipinski definition) is 5. The molecule has 2 heterocycles. The minimum Gasteiger partial charge on any atom is -0.444 e. The Kier molecular flexibility index (Phi) is 9.13. The molecule has 1 aromatic heterocycles. The number of carbonyl (C=O) groups is 1. The van der Waals surface area contributed by atoms with Crippen LogP contribution < -0.4 is 10.6 Å². The zero-order valence-electron chi connectivity index (χ0n) is 20.4. The van der Waals surface area contributed by atoms with Gasteiger partial charge in [0.15, 0.2) is 11.8 Å². The summed E-state index contributed by atoms with van der Waals surface area (Å²) in [5.74, 6) is 3.14. The molecule has 0 bridgehead atoms. The topological polar surface area (TPSA) is 96.7 Å². The van der Waals surface area contributed by atoms with Gasteiger partial charge in [-0.1, -0.05) is 20.3 Å². The lowest BCUT2D eigenvalue weighted by molar-refractivity contribution is 0.0486. The predicted octanol–water partition coefficient (Wildman–Crippen LogP) is 2.95. The standard InChI is InChI=1S/C22H41N7O2/c1-16(2)17(25-21(30)31-22(3,4)5)12-14-28(7)20(23-6)24-15-19-27-26-18-11-9-8-10-13-29(18)19/h16-17H,8-15H2,1-7H3,(H,23,24)(H,25,30). The van der Waals surface area contributed by atoms with E-state index in [1.165, 1.54) is 19.3 Å². The fraction of sp³-hybridized carbons (Fsp3) is 0.818. The maximum atomic E-state index is 12.2. The molecule has 1 amide bonds. The number of guanidine groups is 1. The Morgan fingerprint density at radius 1 is 1.26 bits per heavy atom. The summed E-state index contributed by atoms with van der Waals surface area (Å²) in [5.41, 5.74) is -0.506. The number of ether oxygens (including phenoxy) is 1. The van der Waals surface area contributed by atoms with Gasteiger partial charge in [0.2, 0.25) is 0 Å². The summed E-state index contributed by atoms with van der Waals surface area (Å²) in [6, 6.07) is 0.0164.